The van der Waals surface area contributed by atoms with E-state index in [2.05, 4.69) is 15.6 Å². The smallest absolute Gasteiger partial charge is 0.408 e. The summed E-state index contributed by atoms with van der Waals surface area (Å²) in [7, 11) is -4.47. The van der Waals surface area contributed by atoms with Gasteiger partial charge in [-0.1, -0.05) is 26.0 Å². The quantitative estimate of drug-likeness (QED) is 0.193. The van der Waals surface area contributed by atoms with Crippen LogP contribution in [0.4, 0.5) is 22.4 Å². The lowest BCUT2D eigenvalue weighted by molar-refractivity contribution is -0.152. The zero-order valence-electron chi connectivity index (χ0n) is 34.5. The first-order chi connectivity index (χ1) is 28.1. The van der Waals surface area contributed by atoms with Crippen molar-refractivity contribution in [1.29, 1.82) is 0 Å². The number of aromatic nitrogens is 1. The van der Waals surface area contributed by atoms with Crippen molar-refractivity contribution >= 4 is 44.6 Å². The molecule has 1 aromatic carbocycles. The highest BCUT2D eigenvalue weighted by molar-refractivity contribution is 7.91. The first-order valence-corrected chi connectivity index (χ1v) is 21.7. The summed E-state index contributed by atoms with van der Waals surface area (Å²) < 4.78 is 101. The minimum absolute atomic E-state index is 0.00942. The van der Waals surface area contributed by atoms with Gasteiger partial charge in [0.2, 0.25) is 27.7 Å². The number of nitrogens with zero attached hydrogens (tertiary/aromatic N) is 2. The van der Waals surface area contributed by atoms with Gasteiger partial charge in [0.15, 0.2) is 17.2 Å². The number of benzene rings is 1. The van der Waals surface area contributed by atoms with Crippen molar-refractivity contribution in [2.24, 2.45) is 17.8 Å². The molecule has 2 aliphatic heterocycles. The lowest BCUT2D eigenvalue weighted by atomic mass is 9.88. The van der Waals surface area contributed by atoms with E-state index < -0.39 is 98.2 Å². The first-order valence-electron chi connectivity index (χ1n) is 20.2. The molecule has 2 saturated carbocycles. The molecule has 0 unspecified atom stereocenters. The molecule has 0 spiro atoms. The maximum atomic E-state index is 15.1. The Hall–Kier alpha value is -4.68. The molecule has 1 aromatic heterocycles. The second kappa shape index (κ2) is 16.6. The second-order valence-electron chi connectivity index (χ2n) is 17.3. The summed E-state index contributed by atoms with van der Waals surface area (Å²) in [5.41, 5.74) is -4.04. The number of hydrogen-bond donors (Lipinski definition) is 3. The standard InChI is InChI=1S/C41H53F4N5O9S/c1-7-57-31-17-25-12-15-46-34(28(25)19-29(31)43)58-27-18-30-33(51)48-41(36(53)49-60(55,56)40(22-42)13-14-40)20-26(41)11-9-8-10-23(2)16-24(3)32(35(52)50(30)21-27)47-37(54)59-38(4,5)39(6,44)45/h9,11-12,15,17,19,23-24,26-27,30,32H,7-8,10,13-14,16,18,20-22H2,1-6H3,(H,47,54)(H,48,51)(H,49,53)/b11-9-/t23-,24-,26-,27-,30+,32+,41-/m1/s1. The van der Waals surface area contributed by atoms with Crippen molar-refractivity contribution in [3.63, 3.8) is 0 Å². The fourth-order valence-corrected chi connectivity index (χ4v) is 9.32. The SMILES string of the molecule is CCOc1cc2ccnc(O[C@@H]3C[C@H]4C(=O)N[C@]5(C(=O)NS(=O)(=O)C6(CF)CC6)C[C@H]5/C=C\CC[C@@H](C)C[C@@H](C)[C@H](NC(=O)OC(C)(C)C(C)(F)F)C(=O)N4C3)c2cc1F. The van der Waals surface area contributed by atoms with Crippen LogP contribution in [0, 0.1) is 23.6 Å². The zero-order valence-corrected chi connectivity index (χ0v) is 35.3. The monoisotopic (exact) mass is 867 g/mol. The Morgan fingerprint density at radius 2 is 1.83 bits per heavy atom. The minimum atomic E-state index is -4.47. The molecule has 3 fully saturated rings. The van der Waals surface area contributed by atoms with Gasteiger partial charge in [-0.2, -0.15) is 0 Å². The number of nitrogens with one attached hydrogen (secondary N) is 3. The summed E-state index contributed by atoms with van der Waals surface area (Å²) in [4.78, 5) is 62.0. The van der Waals surface area contributed by atoms with E-state index in [0.29, 0.717) is 31.6 Å². The van der Waals surface area contributed by atoms with Crippen molar-refractivity contribution in [2.45, 2.75) is 126 Å². The Kier molecular flexibility index (Phi) is 12.4. The molecule has 2 aromatic rings. The molecule has 3 heterocycles. The summed E-state index contributed by atoms with van der Waals surface area (Å²) in [6.45, 7) is 6.75. The van der Waals surface area contributed by atoms with Crippen LogP contribution in [0.5, 0.6) is 11.6 Å². The van der Waals surface area contributed by atoms with Crippen molar-refractivity contribution in [3.8, 4) is 11.6 Å². The third-order valence-corrected chi connectivity index (χ3v) is 14.4. The maximum absolute atomic E-state index is 15.1. The summed E-state index contributed by atoms with van der Waals surface area (Å²) >= 11 is 0. The number of hydrogen-bond acceptors (Lipinski definition) is 10. The molecule has 4 aliphatic rings. The molecule has 2 aliphatic carbocycles. The van der Waals surface area contributed by atoms with Gasteiger partial charge in [0.25, 0.3) is 11.8 Å². The van der Waals surface area contributed by atoms with E-state index >= 15 is 4.39 Å². The van der Waals surface area contributed by atoms with Crippen LogP contribution in [0.2, 0.25) is 0 Å². The summed E-state index contributed by atoms with van der Waals surface area (Å²) in [6.07, 6.45) is 4.05. The summed E-state index contributed by atoms with van der Waals surface area (Å²) in [5.74, 6) is -8.13. The number of alkyl halides is 3. The average molecular weight is 868 g/mol. The van der Waals surface area contributed by atoms with Gasteiger partial charge in [-0.3, -0.25) is 19.1 Å². The number of sulfonamides is 1. The molecular formula is C41H53F4N5O9S. The van der Waals surface area contributed by atoms with Gasteiger partial charge in [-0.05, 0) is 94.7 Å². The fourth-order valence-electron chi connectivity index (χ4n) is 7.89. The van der Waals surface area contributed by atoms with Gasteiger partial charge in [0.05, 0.1) is 13.2 Å². The molecular weight excluding hydrogens is 815 g/mol. The van der Waals surface area contributed by atoms with E-state index in [-0.39, 0.29) is 61.8 Å². The first kappa shape index (κ1) is 44.9. The van der Waals surface area contributed by atoms with Gasteiger partial charge in [0.1, 0.15) is 35.1 Å². The Bertz CT molecular complexity index is 2150. The van der Waals surface area contributed by atoms with E-state index in [1.165, 1.54) is 18.3 Å². The number of alkyl carbamates (subject to hydrolysis) is 1. The Balaban J connectivity index is 1.36. The summed E-state index contributed by atoms with van der Waals surface area (Å²) in [5, 5.41) is 6.00. The molecule has 19 heteroatoms. The number of pyridine rings is 1. The molecule has 6 rings (SSSR count). The van der Waals surface area contributed by atoms with Gasteiger partial charge < -0.3 is 29.7 Å². The van der Waals surface area contributed by atoms with E-state index in [9.17, 15) is 40.8 Å². The zero-order chi connectivity index (χ0) is 44.0. The molecule has 1 saturated heterocycles. The van der Waals surface area contributed by atoms with Crippen LogP contribution in [0.1, 0.15) is 86.5 Å². The third kappa shape index (κ3) is 9.00. The van der Waals surface area contributed by atoms with E-state index in [1.54, 1.807) is 26.0 Å². The number of carbonyl (C=O) groups is 4. The molecule has 60 heavy (non-hydrogen) atoms. The van der Waals surface area contributed by atoms with Gasteiger partial charge >= 0.3 is 6.09 Å². The van der Waals surface area contributed by atoms with E-state index in [4.69, 9.17) is 14.2 Å². The van der Waals surface area contributed by atoms with Crippen LogP contribution in [0.25, 0.3) is 10.8 Å². The number of rotatable bonds is 11. The molecule has 0 bridgehead atoms. The Labute approximate surface area is 346 Å². The lowest BCUT2D eigenvalue weighted by Crippen LogP contribution is -2.60. The van der Waals surface area contributed by atoms with Crippen LogP contribution >= 0.6 is 0 Å². The van der Waals surface area contributed by atoms with Crippen molar-refractivity contribution in [1.82, 2.24) is 25.2 Å². The fraction of sp³-hybridized carbons (Fsp3) is 0.634. The van der Waals surface area contributed by atoms with Crippen molar-refractivity contribution in [2.75, 3.05) is 19.8 Å². The summed E-state index contributed by atoms with van der Waals surface area (Å²) in [6, 6.07) is 1.50. The number of halogens is 4. The number of carbonyl (C=O) groups excluding carboxylic acids is 4. The highest BCUT2D eigenvalue weighted by Gasteiger charge is 2.64. The Morgan fingerprint density at radius 1 is 1.12 bits per heavy atom. The normalized spacial score (nSPS) is 28.9. The van der Waals surface area contributed by atoms with Crippen LogP contribution in [0.15, 0.2) is 36.5 Å². The van der Waals surface area contributed by atoms with Crippen LogP contribution in [0.3, 0.4) is 0 Å². The molecule has 14 nitrogen and oxygen atoms in total. The number of amides is 4. The predicted octanol–water partition coefficient (Wildman–Crippen LogP) is 5.48. The van der Waals surface area contributed by atoms with E-state index in [1.807, 2.05) is 17.7 Å². The molecule has 330 valence electrons. The van der Waals surface area contributed by atoms with Gasteiger partial charge in [-0.15, -0.1) is 0 Å². The number of fused-ring (bicyclic) bond motifs is 3. The second-order valence-corrected chi connectivity index (χ2v) is 19.4. The van der Waals surface area contributed by atoms with E-state index in [0.717, 1.165) is 18.7 Å². The van der Waals surface area contributed by atoms with Gasteiger partial charge in [-0.25, -0.2) is 35.8 Å². The van der Waals surface area contributed by atoms with Crippen LogP contribution in [-0.2, 0) is 29.1 Å². The predicted molar refractivity (Wildman–Crippen MR) is 211 cm³/mol. The molecule has 4 amide bonds. The molecule has 7 atom stereocenters. The minimum Gasteiger partial charge on any atom is -0.491 e. The third-order valence-electron chi connectivity index (χ3n) is 12.3. The average Bonchev–Trinajstić information content (AvgIpc) is 4.06. The number of allylic oxidation sites excluding steroid dienone is 1. The van der Waals surface area contributed by atoms with Crippen molar-refractivity contribution in [3.05, 3.63) is 42.4 Å². The van der Waals surface area contributed by atoms with Crippen LogP contribution in [-0.4, -0.2) is 102 Å². The lowest BCUT2D eigenvalue weighted by Gasteiger charge is -2.35. The van der Waals surface area contributed by atoms with Gasteiger partial charge in [0, 0.05) is 30.8 Å². The number of ether oxygens (including phenoxy) is 3. The van der Waals surface area contributed by atoms with Crippen molar-refractivity contribution < 1.29 is 59.4 Å². The Morgan fingerprint density at radius 3 is 2.48 bits per heavy atom. The van der Waals surface area contributed by atoms with Crippen LogP contribution < -0.4 is 24.8 Å². The maximum Gasteiger partial charge on any atom is 0.408 e. The topological polar surface area (TPSA) is 182 Å². The molecule has 3 N–H and O–H groups in total. The highest BCUT2D eigenvalue weighted by Crippen LogP contribution is 2.48. The molecule has 0 radical (unpaired) electrons. The highest BCUT2D eigenvalue weighted by atomic mass is 32.2. The largest absolute Gasteiger partial charge is 0.491 e.